The van der Waals surface area contributed by atoms with Crippen molar-refractivity contribution >= 4 is 15.8 Å². The van der Waals surface area contributed by atoms with Gasteiger partial charge in [0.25, 0.3) is 0 Å². The molecular weight excluding hydrogens is 276 g/mol. The summed E-state index contributed by atoms with van der Waals surface area (Å²) in [6.07, 6.45) is 8.49. The summed E-state index contributed by atoms with van der Waals surface area (Å²) in [6, 6.07) is 0. The van der Waals surface area contributed by atoms with Crippen LogP contribution in [0.5, 0.6) is 0 Å². The molecular formula is C12H29FeNP2+2. The zero-order valence-corrected chi connectivity index (χ0v) is 14.3. The molecule has 0 amide bonds. The second-order valence-corrected chi connectivity index (χ2v) is 9.91. The van der Waals surface area contributed by atoms with Gasteiger partial charge < -0.3 is 5.32 Å². The van der Waals surface area contributed by atoms with Crippen LogP contribution in [-0.4, -0.2) is 50.1 Å². The Bertz CT molecular complexity index is 114. The third-order valence-corrected chi connectivity index (χ3v) is 8.29. The van der Waals surface area contributed by atoms with Crippen LogP contribution in [0.3, 0.4) is 0 Å². The molecule has 16 heavy (non-hydrogen) atoms. The minimum atomic E-state index is 0. The fourth-order valence-corrected chi connectivity index (χ4v) is 4.79. The Hall–Kier alpha value is 1.34. The Labute approximate surface area is 116 Å². The van der Waals surface area contributed by atoms with Crippen molar-refractivity contribution in [2.24, 2.45) is 0 Å². The maximum Gasteiger partial charge on any atom is 2.00 e. The van der Waals surface area contributed by atoms with Gasteiger partial charge in [0.1, 0.15) is 0 Å². The molecule has 0 heterocycles. The van der Waals surface area contributed by atoms with Gasteiger partial charge in [-0.15, -0.1) is 15.8 Å². The van der Waals surface area contributed by atoms with E-state index >= 15 is 0 Å². The monoisotopic (exact) mass is 305 g/mol. The Balaban J connectivity index is 0. The van der Waals surface area contributed by atoms with Crippen molar-refractivity contribution in [1.29, 1.82) is 0 Å². The molecule has 0 aromatic heterocycles. The quantitative estimate of drug-likeness (QED) is 0.369. The minimum absolute atomic E-state index is 0. The first-order valence-corrected chi connectivity index (χ1v) is 10.2. The van der Waals surface area contributed by atoms with Crippen LogP contribution in [0.15, 0.2) is 0 Å². The molecule has 0 aliphatic heterocycles. The van der Waals surface area contributed by atoms with E-state index in [4.69, 9.17) is 0 Å². The maximum atomic E-state index is 3.62. The molecule has 0 aromatic carbocycles. The molecule has 0 rings (SSSR count). The van der Waals surface area contributed by atoms with Crippen molar-refractivity contribution in [2.45, 2.75) is 27.7 Å². The van der Waals surface area contributed by atoms with Crippen LogP contribution in [0, 0.1) is 0 Å². The van der Waals surface area contributed by atoms with Gasteiger partial charge >= 0.3 is 17.1 Å². The van der Waals surface area contributed by atoms with E-state index in [-0.39, 0.29) is 17.1 Å². The molecule has 0 saturated carbocycles. The van der Waals surface area contributed by atoms with Gasteiger partial charge in [-0.3, -0.25) is 0 Å². The number of nitrogens with one attached hydrogen (secondary N) is 1. The first-order chi connectivity index (χ1) is 7.28. The topological polar surface area (TPSA) is 12.0 Å². The van der Waals surface area contributed by atoms with Crippen LogP contribution in [-0.2, 0) is 17.1 Å². The van der Waals surface area contributed by atoms with Crippen molar-refractivity contribution < 1.29 is 17.1 Å². The van der Waals surface area contributed by atoms with E-state index in [1.807, 2.05) is 0 Å². The van der Waals surface area contributed by atoms with Gasteiger partial charge in [0, 0.05) is 0 Å². The zero-order chi connectivity index (χ0) is 11.5. The van der Waals surface area contributed by atoms with E-state index in [1.54, 1.807) is 0 Å². The smallest absolute Gasteiger partial charge is 0.316 e. The summed E-state index contributed by atoms with van der Waals surface area (Å²) < 4.78 is 0. The number of rotatable bonds is 10. The summed E-state index contributed by atoms with van der Waals surface area (Å²) in [7, 11) is 0.695. The van der Waals surface area contributed by atoms with Crippen molar-refractivity contribution in [1.82, 2.24) is 5.32 Å². The molecule has 0 aliphatic rings. The predicted molar refractivity (Wildman–Crippen MR) is 78.6 cm³/mol. The fraction of sp³-hybridized carbons (Fsp3) is 1.00. The van der Waals surface area contributed by atoms with Gasteiger partial charge in [0.05, 0.1) is 0 Å². The molecule has 0 unspecified atom stereocenters. The van der Waals surface area contributed by atoms with Crippen molar-refractivity contribution in [2.75, 3.05) is 50.1 Å². The van der Waals surface area contributed by atoms with Crippen LogP contribution in [0.4, 0.5) is 0 Å². The van der Waals surface area contributed by atoms with Gasteiger partial charge in [-0.05, 0) is 50.1 Å². The Kier molecular flexibility index (Phi) is 17.7. The average molecular weight is 305 g/mol. The van der Waals surface area contributed by atoms with Crippen LogP contribution in [0.2, 0.25) is 0 Å². The normalized spacial score (nSPS) is 10.9. The summed E-state index contributed by atoms with van der Waals surface area (Å²) in [5, 5.41) is 3.62. The largest absolute Gasteiger partial charge is 2.00 e. The molecule has 0 radical (unpaired) electrons. The molecule has 0 fully saturated rings. The van der Waals surface area contributed by atoms with Crippen molar-refractivity contribution in [3.63, 3.8) is 0 Å². The van der Waals surface area contributed by atoms with E-state index in [1.165, 1.54) is 50.1 Å². The molecule has 0 atom stereocenters. The Morgan fingerprint density at radius 2 is 1.00 bits per heavy atom. The molecule has 0 aromatic rings. The summed E-state index contributed by atoms with van der Waals surface area (Å²) in [4.78, 5) is 0. The summed E-state index contributed by atoms with van der Waals surface area (Å²) >= 11 is 0. The number of hydrogen-bond donors (Lipinski definition) is 1. The van der Waals surface area contributed by atoms with Crippen LogP contribution in [0.25, 0.3) is 0 Å². The van der Waals surface area contributed by atoms with Gasteiger partial charge in [-0.1, -0.05) is 27.7 Å². The molecule has 98 valence electrons. The SMILES string of the molecule is CCP(CC)CCNCCP(CC)CC.[Fe+2]. The van der Waals surface area contributed by atoms with Gasteiger partial charge in [-0.2, -0.15) is 0 Å². The summed E-state index contributed by atoms with van der Waals surface area (Å²) in [5.41, 5.74) is 0. The Morgan fingerprint density at radius 3 is 1.25 bits per heavy atom. The van der Waals surface area contributed by atoms with Crippen LogP contribution >= 0.6 is 15.8 Å². The van der Waals surface area contributed by atoms with E-state index in [0.29, 0.717) is 15.8 Å². The second kappa shape index (κ2) is 14.4. The van der Waals surface area contributed by atoms with Gasteiger partial charge in [0.2, 0.25) is 0 Å². The van der Waals surface area contributed by atoms with Crippen LogP contribution < -0.4 is 5.32 Å². The van der Waals surface area contributed by atoms with Crippen molar-refractivity contribution in [3.05, 3.63) is 0 Å². The number of hydrogen-bond acceptors (Lipinski definition) is 1. The molecule has 1 nitrogen and oxygen atoms in total. The Morgan fingerprint density at radius 1 is 0.688 bits per heavy atom. The standard InChI is InChI=1S/C12H29NP2.Fe/c1-5-14(6-2)11-9-13-10-12-15(7-3)8-4;/h13H,5-12H2,1-4H3;/q;+2. The molecule has 0 aliphatic carbocycles. The fourth-order valence-electron chi connectivity index (χ4n) is 1.68. The van der Waals surface area contributed by atoms with E-state index in [9.17, 15) is 0 Å². The molecule has 0 spiro atoms. The minimum Gasteiger partial charge on any atom is -0.316 e. The van der Waals surface area contributed by atoms with E-state index in [2.05, 4.69) is 33.0 Å². The third-order valence-electron chi connectivity index (χ3n) is 3.00. The third kappa shape index (κ3) is 10.5. The predicted octanol–water partition coefficient (Wildman–Crippen LogP) is 3.62. The first kappa shape index (κ1) is 19.7. The maximum absolute atomic E-state index is 3.62. The van der Waals surface area contributed by atoms with Gasteiger partial charge in [-0.25, -0.2) is 0 Å². The zero-order valence-electron chi connectivity index (χ0n) is 11.4. The second-order valence-electron chi connectivity index (χ2n) is 3.80. The molecule has 0 bridgehead atoms. The average Bonchev–Trinajstić information content (AvgIpc) is 2.29. The molecule has 1 N–H and O–H groups in total. The van der Waals surface area contributed by atoms with Crippen LogP contribution in [0.1, 0.15) is 27.7 Å². The van der Waals surface area contributed by atoms with E-state index < -0.39 is 0 Å². The summed E-state index contributed by atoms with van der Waals surface area (Å²) in [6.45, 7) is 11.9. The van der Waals surface area contributed by atoms with Crippen molar-refractivity contribution in [3.8, 4) is 0 Å². The van der Waals surface area contributed by atoms with E-state index in [0.717, 1.165) is 0 Å². The molecule has 0 saturated heterocycles. The van der Waals surface area contributed by atoms with Gasteiger partial charge in [0.15, 0.2) is 0 Å². The summed E-state index contributed by atoms with van der Waals surface area (Å²) in [5.74, 6) is 0. The molecule has 4 heteroatoms. The first-order valence-electron chi connectivity index (χ1n) is 6.43.